The van der Waals surface area contributed by atoms with Crippen LogP contribution in [-0.4, -0.2) is 52.8 Å². The molecule has 1 saturated heterocycles. The van der Waals surface area contributed by atoms with Crippen molar-refractivity contribution < 1.29 is 21.6 Å². The van der Waals surface area contributed by atoms with Crippen molar-refractivity contribution in [2.45, 2.75) is 10.8 Å². The Kier molecular flexibility index (Phi) is 4.82. The van der Waals surface area contributed by atoms with Crippen LogP contribution >= 0.6 is 11.6 Å². The molecule has 0 N–H and O–H groups in total. The number of sulfone groups is 1. The molecule has 6 nitrogen and oxygen atoms in total. The number of hydrogen-bond acceptors (Lipinski definition) is 5. The average Bonchev–Trinajstić information content (AvgIpc) is 2.46. The van der Waals surface area contributed by atoms with E-state index in [1.165, 1.54) is 23.5 Å². The van der Waals surface area contributed by atoms with Crippen molar-refractivity contribution in [3.63, 3.8) is 0 Å². The number of benzene rings is 1. The Labute approximate surface area is 129 Å². The van der Waals surface area contributed by atoms with Crippen molar-refractivity contribution in [2.24, 2.45) is 0 Å². The molecule has 1 aliphatic rings. The zero-order chi connectivity index (χ0) is 15.7. The van der Waals surface area contributed by atoms with Gasteiger partial charge in [-0.1, -0.05) is 0 Å². The third-order valence-electron chi connectivity index (χ3n) is 3.34. The van der Waals surface area contributed by atoms with Crippen LogP contribution in [0.2, 0.25) is 0 Å². The van der Waals surface area contributed by atoms with Crippen molar-refractivity contribution in [3.05, 3.63) is 23.8 Å². The molecule has 0 atom stereocenters. The summed E-state index contributed by atoms with van der Waals surface area (Å²) in [7, 11) is -5.36. The Balaban J connectivity index is 2.32. The van der Waals surface area contributed by atoms with E-state index in [1.807, 2.05) is 0 Å². The molecule has 0 radical (unpaired) electrons. The predicted molar refractivity (Wildman–Crippen MR) is 80.0 cm³/mol. The van der Waals surface area contributed by atoms with Gasteiger partial charge in [0.05, 0.1) is 29.4 Å². The number of nitrogens with zero attached hydrogens (tertiary/aromatic N) is 1. The fourth-order valence-electron chi connectivity index (χ4n) is 2.10. The first-order valence-electron chi connectivity index (χ1n) is 6.23. The minimum Gasteiger partial charge on any atom is -0.496 e. The van der Waals surface area contributed by atoms with Crippen molar-refractivity contribution >= 4 is 31.5 Å². The number of ether oxygens (including phenoxy) is 1. The fraction of sp³-hybridized carbons (Fsp3) is 0.500. The summed E-state index contributed by atoms with van der Waals surface area (Å²) < 4.78 is 54.1. The van der Waals surface area contributed by atoms with E-state index in [0.29, 0.717) is 11.3 Å². The van der Waals surface area contributed by atoms with Gasteiger partial charge in [-0.2, -0.15) is 4.31 Å². The third kappa shape index (κ3) is 3.50. The quantitative estimate of drug-likeness (QED) is 0.750. The molecule has 1 heterocycles. The summed E-state index contributed by atoms with van der Waals surface area (Å²) in [6.45, 7) is -0.0419. The maximum Gasteiger partial charge on any atom is 0.243 e. The number of rotatable bonds is 4. The highest BCUT2D eigenvalue weighted by atomic mass is 35.5. The van der Waals surface area contributed by atoms with Crippen LogP contribution < -0.4 is 4.74 Å². The number of methoxy groups -OCH3 is 1. The molecule has 0 aliphatic carbocycles. The molecular weight excluding hydrogens is 338 g/mol. The lowest BCUT2D eigenvalue weighted by Crippen LogP contribution is -2.43. The monoisotopic (exact) mass is 353 g/mol. The summed E-state index contributed by atoms with van der Waals surface area (Å²) in [4.78, 5) is 0.0956. The van der Waals surface area contributed by atoms with Crippen LogP contribution in [0.5, 0.6) is 5.75 Å². The van der Waals surface area contributed by atoms with Crippen LogP contribution in [0.15, 0.2) is 23.1 Å². The molecule has 1 aromatic carbocycles. The Morgan fingerprint density at radius 2 is 1.90 bits per heavy atom. The van der Waals surface area contributed by atoms with Crippen LogP contribution in [0.3, 0.4) is 0 Å². The lowest BCUT2D eigenvalue weighted by Gasteiger charge is -2.26. The van der Waals surface area contributed by atoms with Gasteiger partial charge < -0.3 is 4.74 Å². The van der Waals surface area contributed by atoms with E-state index in [-0.39, 0.29) is 35.4 Å². The van der Waals surface area contributed by atoms with Crippen molar-refractivity contribution in [1.29, 1.82) is 0 Å². The van der Waals surface area contributed by atoms with Gasteiger partial charge in [-0.3, -0.25) is 0 Å². The number of halogens is 1. The lowest BCUT2D eigenvalue weighted by molar-refractivity contribution is 0.410. The van der Waals surface area contributed by atoms with Crippen molar-refractivity contribution in [2.75, 3.05) is 31.7 Å². The summed E-state index contributed by atoms with van der Waals surface area (Å²) in [5.41, 5.74) is 0.574. The number of hydrogen-bond donors (Lipinski definition) is 0. The van der Waals surface area contributed by atoms with Crippen LogP contribution in [-0.2, 0) is 25.7 Å². The molecule has 0 unspecified atom stereocenters. The van der Waals surface area contributed by atoms with E-state index < -0.39 is 19.9 Å². The first-order valence-corrected chi connectivity index (χ1v) is 10.0. The standard InChI is InChI=1S/C12H16ClNO5S2/c1-19-12-3-2-11(8-10(12)9-13)21(17,18)14-4-6-20(15,16)7-5-14/h2-3,8H,4-7,9H2,1H3. The normalized spacial score (nSPS) is 19.3. The topological polar surface area (TPSA) is 80.8 Å². The Morgan fingerprint density at radius 3 is 2.43 bits per heavy atom. The predicted octanol–water partition coefficient (Wildman–Crippen LogP) is 0.853. The second kappa shape index (κ2) is 6.12. The fourth-order valence-corrected chi connectivity index (χ4v) is 5.24. The van der Waals surface area contributed by atoms with E-state index in [2.05, 4.69) is 0 Å². The van der Waals surface area contributed by atoms with E-state index in [0.717, 1.165) is 0 Å². The van der Waals surface area contributed by atoms with Gasteiger partial charge in [0.25, 0.3) is 0 Å². The van der Waals surface area contributed by atoms with Gasteiger partial charge in [0.15, 0.2) is 9.84 Å². The smallest absolute Gasteiger partial charge is 0.243 e. The van der Waals surface area contributed by atoms with Gasteiger partial charge in [-0.25, -0.2) is 16.8 Å². The Bertz CT molecular complexity index is 716. The molecule has 118 valence electrons. The Morgan fingerprint density at radius 1 is 1.29 bits per heavy atom. The van der Waals surface area contributed by atoms with Gasteiger partial charge in [-0.05, 0) is 18.2 Å². The first kappa shape index (κ1) is 16.5. The van der Waals surface area contributed by atoms with Gasteiger partial charge in [0.1, 0.15) is 5.75 Å². The zero-order valence-corrected chi connectivity index (χ0v) is 13.8. The highest BCUT2D eigenvalue weighted by Crippen LogP contribution is 2.26. The van der Waals surface area contributed by atoms with Crippen LogP contribution in [0.1, 0.15) is 5.56 Å². The van der Waals surface area contributed by atoms with E-state index in [4.69, 9.17) is 16.3 Å². The molecule has 0 aromatic heterocycles. The average molecular weight is 354 g/mol. The number of alkyl halides is 1. The van der Waals surface area contributed by atoms with Crippen LogP contribution in [0.4, 0.5) is 0 Å². The molecule has 9 heteroatoms. The maximum absolute atomic E-state index is 12.5. The summed E-state index contributed by atoms with van der Waals surface area (Å²) in [5, 5.41) is 0. The molecule has 1 fully saturated rings. The Hall–Kier alpha value is -0.830. The molecule has 2 rings (SSSR count). The van der Waals surface area contributed by atoms with Gasteiger partial charge >= 0.3 is 0 Å². The van der Waals surface area contributed by atoms with E-state index >= 15 is 0 Å². The third-order valence-corrected chi connectivity index (χ3v) is 7.13. The highest BCUT2D eigenvalue weighted by Gasteiger charge is 2.31. The van der Waals surface area contributed by atoms with Gasteiger partial charge in [0.2, 0.25) is 10.0 Å². The second-order valence-electron chi connectivity index (χ2n) is 4.66. The van der Waals surface area contributed by atoms with Crippen LogP contribution in [0, 0.1) is 0 Å². The largest absolute Gasteiger partial charge is 0.496 e. The first-order chi connectivity index (χ1) is 9.80. The second-order valence-corrected chi connectivity index (χ2v) is 9.17. The van der Waals surface area contributed by atoms with Crippen molar-refractivity contribution in [1.82, 2.24) is 4.31 Å². The molecule has 0 amide bonds. The molecule has 0 saturated carbocycles. The zero-order valence-electron chi connectivity index (χ0n) is 11.5. The maximum atomic E-state index is 12.5. The lowest BCUT2D eigenvalue weighted by atomic mass is 10.2. The molecular formula is C12H16ClNO5S2. The highest BCUT2D eigenvalue weighted by molar-refractivity contribution is 7.92. The van der Waals surface area contributed by atoms with E-state index in [9.17, 15) is 16.8 Å². The number of sulfonamides is 1. The molecule has 1 aromatic rings. The van der Waals surface area contributed by atoms with Crippen LogP contribution in [0.25, 0.3) is 0 Å². The molecule has 0 bridgehead atoms. The van der Waals surface area contributed by atoms with E-state index in [1.54, 1.807) is 6.07 Å². The SMILES string of the molecule is COc1ccc(S(=O)(=O)N2CCS(=O)(=O)CC2)cc1CCl. The molecule has 0 spiro atoms. The summed E-state index contributed by atoms with van der Waals surface area (Å²) in [6, 6.07) is 4.45. The van der Waals surface area contributed by atoms with Gasteiger partial charge in [-0.15, -0.1) is 11.6 Å². The van der Waals surface area contributed by atoms with Crippen molar-refractivity contribution in [3.8, 4) is 5.75 Å². The summed E-state index contributed by atoms with van der Waals surface area (Å²) in [6.07, 6.45) is 0. The van der Waals surface area contributed by atoms with Gasteiger partial charge in [0, 0.05) is 18.7 Å². The molecule has 1 aliphatic heterocycles. The molecule has 21 heavy (non-hydrogen) atoms. The minimum atomic E-state index is -3.72. The minimum absolute atomic E-state index is 0.0209. The summed E-state index contributed by atoms with van der Waals surface area (Å²) in [5.74, 6) is 0.348. The summed E-state index contributed by atoms with van der Waals surface area (Å²) >= 11 is 5.79.